The molecule has 24 heavy (non-hydrogen) atoms. The van der Waals surface area contributed by atoms with E-state index in [2.05, 4.69) is 0 Å². The molecule has 0 N–H and O–H groups in total. The maximum Gasteiger partial charge on any atom is 0.225 e. The van der Waals surface area contributed by atoms with E-state index in [1.165, 1.54) is 0 Å². The van der Waals surface area contributed by atoms with Crippen molar-refractivity contribution in [3.8, 4) is 0 Å². The normalized spacial score (nSPS) is 19.8. The minimum absolute atomic E-state index is 0.0246. The molecule has 2 aliphatic rings. The molecule has 136 valence electrons. The first-order valence-electron chi connectivity index (χ1n) is 8.85. The van der Waals surface area contributed by atoms with Gasteiger partial charge in [0.1, 0.15) is 0 Å². The first kappa shape index (κ1) is 18.7. The fourth-order valence-electron chi connectivity index (χ4n) is 3.35. The number of hydrogen-bond donors (Lipinski definition) is 0. The van der Waals surface area contributed by atoms with Crippen LogP contribution in [0.4, 0.5) is 0 Å². The fourth-order valence-corrected chi connectivity index (χ4v) is 3.35. The maximum atomic E-state index is 12.6. The number of piperidine rings is 1. The van der Waals surface area contributed by atoms with E-state index in [9.17, 15) is 14.4 Å². The zero-order valence-corrected chi connectivity index (χ0v) is 15.2. The Morgan fingerprint density at radius 2 is 1.42 bits per heavy atom. The van der Waals surface area contributed by atoms with Gasteiger partial charge in [-0.3, -0.25) is 14.4 Å². The minimum Gasteiger partial charge on any atom is -0.343 e. The highest BCUT2D eigenvalue weighted by molar-refractivity contribution is 5.81. The van der Waals surface area contributed by atoms with E-state index in [0.717, 1.165) is 19.4 Å². The van der Waals surface area contributed by atoms with Crippen LogP contribution in [0.1, 0.15) is 26.2 Å². The lowest BCUT2D eigenvalue weighted by molar-refractivity contribution is -0.144. The summed E-state index contributed by atoms with van der Waals surface area (Å²) in [7, 11) is 3.92. The highest BCUT2D eigenvalue weighted by Gasteiger charge is 2.31. The summed E-state index contributed by atoms with van der Waals surface area (Å²) in [4.78, 5) is 43.7. The second kappa shape index (κ2) is 8.46. The Morgan fingerprint density at radius 1 is 0.875 bits per heavy atom. The number of rotatable bonds is 4. The van der Waals surface area contributed by atoms with E-state index in [4.69, 9.17) is 0 Å². The number of nitrogens with zero attached hydrogens (tertiary/aromatic N) is 4. The van der Waals surface area contributed by atoms with E-state index < -0.39 is 0 Å². The van der Waals surface area contributed by atoms with Gasteiger partial charge in [0, 0.05) is 65.1 Å². The van der Waals surface area contributed by atoms with Crippen LogP contribution in [0.25, 0.3) is 0 Å². The summed E-state index contributed by atoms with van der Waals surface area (Å²) in [5, 5.41) is 0. The van der Waals surface area contributed by atoms with Gasteiger partial charge in [0.2, 0.25) is 17.7 Å². The molecule has 0 aliphatic carbocycles. The monoisotopic (exact) mass is 338 g/mol. The molecule has 0 saturated carbocycles. The minimum atomic E-state index is 0.0246. The highest BCUT2D eigenvalue weighted by atomic mass is 16.2. The molecule has 7 heteroatoms. The topological polar surface area (TPSA) is 64.2 Å². The first-order valence-corrected chi connectivity index (χ1v) is 8.85. The molecule has 0 aromatic heterocycles. The molecule has 0 atom stereocenters. The third-order valence-corrected chi connectivity index (χ3v) is 5.01. The van der Waals surface area contributed by atoms with Crippen LogP contribution in [0, 0.1) is 5.92 Å². The summed E-state index contributed by atoms with van der Waals surface area (Å²) in [6.07, 6.45) is 2.03. The largest absolute Gasteiger partial charge is 0.343 e. The summed E-state index contributed by atoms with van der Waals surface area (Å²) in [6, 6.07) is 0. The van der Waals surface area contributed by atoms with E-state index in [-0.39, 0.29) is 23.6 Å². The second-order valence-electron chi connectivity index (χ2n) is 7.04. The summed E-state index contributed by atoms with van der Waals surface area (Å²) < 4.78 is 0. The molecule has 3 amide bonds. The summed E-state index contributed by atoms with van der Waals surface area (Å²) in [5.41, 5.74) is 0. The van der Waals surface area contributed by atoms with E-state index in [0.29, 0.717) is 45.7 Å². The second-order valence-corrected chi connectivity index (χ2v) is 7.04. The number of hydrogen-bond acceptors (Lipinski definition) is 4. The Bertz CT molecular complexity index is 464. The Labute approximate surface area is 144 Å². The van der Waals surface area contributed by atoms with Crippen molar-refractivity contribution in [2.24, 2.45) is 5.92 Å². The molecule has 7 nitrogen and oxygen atoms in total. The van der Waals surface area contributed by atoms with Crippen LogP contribution < -0.4 is 0 Å². The van der Waals surface area contributed by atoms with Crippen molar-refractivity contribution in [3.05, 3.63) is 0 Å². The van der Waals surface area contributed by atoms with Gasteiger partial charge in [0.25, 0.3) is 0 Å². The van der Waals surface area contributed by atoms with Crippen molar-refractivity contribution in [1.82, 2.24) is 19.6 Å². The predicted octanol–water partition coefficient (Wildman–Crippen LogP) is -0.133. The standard InChI is InChI=1S/C17H30N4O3/c1-14(22)19-8-4-15(5-9-19)17(24)21-12-10-20(11-13-21)16(23)6-7-18(2)3/h15H,4-13H2,1-3H3. The molecule has 2 rings (SSSR count). The zero-order chi connectivity index (χ0) is 17.7. The number of carbonyl (C=O) groups excluding carboxylic acids is 3. The molecule has 2 heterocycles. The molecule has 0 spiro atoms. The van der Waals surface area contributed by atoms with Crippen LogP contribution in [-0.4, -0.2) is 97.2 Å². The predicted molar refractivity (Wildman–Crippen MR) is 91.3 cm³/mol. The van der Waals surface area contributed by atoms with Gasteiger partial charge in [-0.05, 0) is 26.9 Å². The van der Waals surface area contributed by atoms with Crippen LogP contribution in [0.5, 0.6) is 0 Å². The van der Waals surface area contributed by atoms with Crippen molar-refractivity contribution in [2.45, 2.75) is 26.2 Å². The Kier molecular flexibility index (Phi) is 6.60. The van der Waals surface area contributed by atoms with Crippen molar-refractivity contribution < 1.29 is 14.4 Å². The summed E-state index contributed by atoms with van der Waals surface area (Å²) in [6.45, 7) is 6.19. The zero-order valence-electron chi connectivity index (χ0n) is 15.2. The van der Waals surface area contributed by atoms with Gasteiger partial charge in [-0.15, -0.1) is 0 Å². The molecule has 0 unspecified atom stereocenters. The van der Waals surface area contributed by atoms with Crippen LogP contribution in [0.3, 0.4) is 0 Å². The third-order valence-electron chi connectivity index (χ3n) is 5.01. The van der Waals surface area contributed by atoms with Crippen LogP contribution in [-0.2, 0) is 14.4 Å². The lowest BCUT2D eigenvalue weighted by Crippen LogP contribution is -2.53. The van der Waals surface area contributed by atoms with Gasteiger partial charge < -0.3 is 19.6 Å². The molecule has 0 bridgehead atoms. The van der Waals surface area contributed by atoms with Crippen molar-refractivity contribution in [1.29, 1.82) is 0 Å². The lowest BCUT2D eigenvalue weighted by atomic mass is 9.95. The highest BCUT2D eigenvalue weighted by Crippen LogP contribution is 2.20. The Morgan fingerprint density at radius 3 is 1.92 bits per heavy atom. The Balaban J connectivity index is 1.75. The number of piperazine rings is 1. The third kappa shape index (κ3) is 4.93. The number of likely N-dealkylation sites (tertiary alicyclic amines) is 1. The fraction of sp³-hybridized carbons (Fsp3) is 0.824. The van der Waals surface area contributed by atoms with Gasteiger partial charge in [-0.2, -0.15) is 0 Å². The molecule has 0 aromatic rings. The Hall–Kier alpha value is -1.63. The average molecular weight is 338 g/mol. The van der Waals surface area contributed by atoms with Gasteiger partial charge in [0.15, 0.2) is 0 Å². The molecule has 2 fully saturated rings. The number of carbonyl (C=O) groups is 3. The van der Waals surface area contributed by atoms with Gasteiger partial charge in [-0.1, -0.05) is 0 Å². The summed E-state index contributed by atoms with van der Waals surface area (Å²) >= 11 is 0. The van der Waals surface area contributed by atoms with E-state index >= 15 is 0 Å². The van der Waals surface area contributed by atoms with Crippen molar-refractivity contribution in [2.75, 3.05) is 59.9 Å². The average Bonchev–Trinajstić information content (AvgIpc) is 2.59. The molecule has 0 radical (unpaired) electrons. The van der Waals surface area contributed by atoms with Crippen molar-refractivity contribution in [3.63, 3.8) is 0 Å². The van der Waals surface area contributed by atoms with Gasteiger partial charge in [-0.25, -0.2) is 0 Å². The SMILES string of the molecule is CC(=O)N1CCC(C(=O)N2CCN(C(=O)CCN(C)C)CC2)CC1. The van der Waals surface area contributed by atoms with Crippen LogP contribution in [0.2, 0.25) is 0 Å². The maximum absolute atomic E-state index is 12.6. The molecular weight excluding hydrogens is 308 g/mol. The molecular formula is C17H30N4O3. The molecule has 2 saturated heterocycles. The lowest BCUT2D eigenvalue weighted by Gasteiger charge is -2.38. The van der Waals surface area contributed by atoms with Crippen LogP contribution in [0.15, 0.2) is 0 Å². The first-order chi connectivity index (χ1) is 11.4. The van der Waals surface area contributed by atoms with Crippen molar-refractivity contribution >= 4 is 17.7 Å². The number of amides is 3. The molecule has 0 aromatic carbocycles. The molecule has 2 aliphatic heterocycles. The quantitative estimate of drug-likeness (QED) is 0.716. The van der Waals surface area contributed by atoms with Gasteiger partial charge in [0.05, 0.1) is 0 Å². The smallest absolute Gasteiger partial charge is 0.225 e. The van der Waals surface area contributed by atoms with E-state index in [1.54, 1.807) is 6.92 Å². The summed E-state index contributed by atoms with van der Waals surface area (Å²) in [5.74, 6) is 0.478. The van der Waals surface area contributed by atoms with Crippen LogP contribution >= 0.6 is 0 Å². The van der Waals surface area contributed by atoms with Gasteiger partial charge >= 0.3 is 0 Å². The van der Waals surface area contributed by atoms with E-state index in [1.807, 2.05) is 33.7 Å².